The average Bonchev–Trinajstić information content (AvgIpc) is 3.04. The topological polar surface area (TPSA) is 90.2 Å². The molecule has 0 atom stereocenters. The number of amides is 2. The first-order valence-corrected chi connectivity index (χ1v) is 10.0. The van der Waals surface area contributed by atoms with Crippen LogP contribution in [0.4, 0.5) is 4.79 Å². The van der Waals surface area contributed by atoms with Gasteiger partial charge in [-0.1, -0.05) is 30.3 Å². The number of hydrogen-bond donors (Lipinski definition) is 2. The third-order valence-corrected chi connectivity index (χ3v) is 4.77. The van der Waals surface area contributed by atoms with Crippen molar-refractivity contribution in [2.45, 2.75) is 45.2 Å². The third kappa shape index (κ3) is 5.95. The highest BCUT2D eigenvalue weighted by atomic mass is 16.5. The van der Waals surface area contributed by atoms with E-state index in [2.05, 4.69) is 27.9 Å². The molecule has 1 aromatic carbocycles. The van der Waals surface area contributed by atoms with E-state index in [9.17, 15) is 9.59 Å². The molecule has 152 valence electrons. The van der Waals surface area contributed by atoms with Gasteiger partial charge in [0.25, 0.3) is 0 Å². The SMILES string of the molecule is O=C(NCCCn1nc2n(c1=O)CCCC2)NCCOCCc1ccccc1. The Morgan fingerprint density at radius 1 is 1.11 bits per heavy atom. The molecule has 2 heterocycles. The van der Waals surface area contributed by atoms with Gasteiger partial charge in [-0.05, 0) is 31.2 Å². The van der Waals surface area contributed by atoms with E-state index in [-0.39, 0.29) is 11.7 Å². The molecule has 0 aliphatic carbocycles. The number of urea groups is 1. The summed E-state index contributed by atoms with van der Waals surface area (Å²) in [7, 11) is 0. The second-order valence-corrected chi connectivity index (χ2v) is 6.91. The first kappa shape index (κ1) is 20.1. The highest BCUT2D eigenvalue weighted by molar-refractivity contribution is 5.73. The zero-order chi connectivity index (χ0) is 19.6. The van der Waals surface area contributed by atoms with Crippen LogP contribution in [-0.2, 0) is 30.7 Å². The monoisotopic (exact) mass is 387 g/mol. The summed E-state index contributed by atoms with van der Waals surface area (Å²) in [5.74, 6) is 0.884. The molecule has 1 aliphatic rings. The molecule has 2 aromatic rings. The first-order valence-electron chi connectivity index (χ1n) is 10.0. The maximum absolute atomic E-state index is 12.2. The van der Waals surface area contributed by atoms with Gasteiger partial charge in [0.2, 0.25) is 0 Å². The number of aryl methyl sites for hydroxylation is 2. The van der Waals surface area contributed by atoms with Crippen molar-refractivity contribution in [2.75, 3.05) is 26.3 Å². The zero-order valence-corrected chi connectivity index (χ0v) is 16.2. The number of rotatable bonds is 10. The second-order valence-electron chi connectivity index (χ2n) is 6.91. The fraction of sp³-hybridized carbons (Fsp3) is 0.550. The van der Waals surface area contributed by atoms with Gasteiger partial charge in [0.1, 0.15) is 5.82 Å². The summed E-state index contributed by atoms with van der Waals surface area (Å²) in [6.45, 7) is 3.36. The summed E-state index contributed by atoms with van der Waals surface area (Å²) >= 11 is 0. The van der Waals surface area contributed by atoms with Crippen LogP contribution in [0.15, 0.2) is 35.1 Å². The molecule has 2 amide bonds. The average molecular weight is 387 g/mol. The van der Waals surface area contributed by atoms with Crippen LogP contribution in [0.5, 0.6) is 0 Å². The zero-order valence-electron chi connectivity index (χ0n) is 16.2. The molecule has 0 fully saturated rings. The third-order valence-electron chi connectivity index (χ3n) is 4.77. The molecular weight excluding hydrogens is 358 g/mol. The lowest BCUT2D eigenvalue weighted by Crippen LogP contribution is -2.38. The number of hydrogen-bond acceptors (Lipinski definition) is 4. The number of carbonyl (C=O) groups excluding carboxylic acids is 1. The summed E-state index contributed by atoms with van der Waals surface area (Å²) in [4.78, 5) is 24.0. The molecule has 0 bridgehead atoms. The lowest BCUT2D eigenvalue weighted by atomic mass is 10.2. The van der Waals surface area contributed by atoms with Gasteiger partial charge >= 0.3 is 11.7 Å². The largest absolute Gasteiger partial charge is 0.379 e. The number of fused-ring (bicyclic) bond motifs is 1. The fourth-order valence-electron chi connectivity index (χ4n) is 3.26. The van der Waals surface area contributed by atoms with E-state index in [0.717, 1.165) is 38.1 Å². The van der Waals surface area contributed by atoms with E-state index in [1.54, 1.807) is 4.57 Å². The van der Waals surface area contributed by atoms with Crippen LogP contribution in [0.1, 0.15) is 30.7 Å². The molecule has 28 heavy (non-hydrogen) atoms. The van der Waals surface area contributed by atoms with E-state index >= 15 is 0 Å². The van der Waals surface area contributed by atoms with Crippen LogP contribution in [-0.4, -0.2) is 46.7 Å². The highest BCUT2D eigenvalue weighted by Crippen LogP contribution is 2.09. The molecule has 0 saturated heterocycles. The molecule has 3 rings (SSSR count). The van der Waals surface area contributed by atoms with Crippen LogP contribution in [0.3, 0.4) is 0 Å². The molecule has 0 unspecified atom stereocenters. The van der Waals surface area contributed by atoms with Gasteiger partial charge in [-0.2, -0.15) is 5.10 Å². The van der Waals surface area contributed by atoms with Crippen molar-refractivity contribution < 1.29 is 9.53 Å². The number of benzene rings is 1. The van der Waals surface area contributed by atoms with Crippen molar-refractivity contribution in [3.8, 4) is 0 Å². The van der Waals surface area contributed by atoms with E-state index < -0.39 is 0 Å². The molecule has 0 radical (unpaired) electrons. The summed E-state index contributed by atoms with van der Waals surface area (Å²) in [6, 6.07) is 9.94. The molecule has 2 N–H and O–H groups in total. The number of carbonyl (C=O) groups is 1. The van der Waals surface area contributed by atoms with Gasteiger partial charge in [-0.3, -0.25) is 4.57 Å². The van der Waals surface area contributed by atoms with Gasteiger partial charge < -0.3 is 15.4 Å². The lowest BCUT2D eigenvalue weighted by Gasteiger charge is -2.09. The first-order chi connectivity index (χ1) is 13.7. The molecular formula is C20H29N5O3. The minimum Gasteiger partial charge on any atom is -0.379 e. The number of nitrogens with one attached hydrogen (secondary N) is 2. The predicted molar refractivity (Wildman–Crippen MR) is 106 cm³/mol. The van der Waals surface area contributed by atoms with E-state index in [1.807, 2.05) is 18.2 Å². The van der Waals surface area contributed by atoms with E-state index in [4.69, 9.17) is 4.74 Å². The summed E-state index contributed by atoms with van der Waals surface area (Å²) in [5, 5.41) is 9.95. The van der Waals surface area contributed by atoms with Gasteiger partial charge in [0.05, 0.1) is 13.2 Å². The molecule has 0 spiro atoms. The molecule has 8 heteroatoms. The molecule has 8 nitrogen and oxygen atoms in total. The Morgan fingerprint density at radius 3 is 2.75 bits per heavy atom. The standard InChI is InChI=1S/C20H29N5O3/c26-19(22-12-16-28-15-10-17-7-2-1-3-8-17)21-11-6-14-25-20(27)24-13-5-4-9-18(24)23-25/h1-3,7-8H,4-6,9-16H2,(H2,21,22,26). The Hall–Kier alpha value is -2.61. The molecule has 1 aromatic heterocycles. The van der Waals surface area contributed by atoms with E-state index in [0.29, 0.717) is 39.3 Å². The second kappa shape index (κ2) is 10.7. The number of aromatic nitrogens is 3. The van der Waals surface area contributed by atoms with Gasteiger partial charge in [0.15, 0.2) is 0 Å². The van der Waals surface area contributed by atoms with Crippen LogP contribution >= 0.6 is 0 Å². The van der Waals surface area contributed by atoms with Crippen LogP contribution in [0.25, 0.3) is 0 Å². The Balaban J connectivity index is 1.22. The van der Waals surface area contributed by atoms with Gasteiger partial charge in [-0.15, -0.1) is 0 Å². The smallest absolute Gasteiger partial charge is 0.345 e. The predicted octanol–water partition coefficient (Wildman–Crippen LogP) is 1.33. The summed E-state index contributed by atoms with van der Waals surface area (Å²) in [5.41, 5.74) is 1.21. The van der Waals surface area contributed by atoms with E-state index in [1.165, 1.54) is 10.2 Å². The van der Waals surface area contributed by atoms with Crippen LogP contribution in [0.2, 0.25) is 0 Å². The fourth-order valence-corrected chi connectivity index (χ4v) is 3.26. The maximum atomic E-state index is 12.2. The minimum atomic E-state index is -0.219. The van der Waals surface area contributed by atoms with Gasteiger partial charge in [-0.25, -0.2) is 14.3 Å². The van der Waals surface area contributed by atoms with Crippen molar-refractivity contribution in [1.82, 2.24) is 25.0 Å². The van der Waals surface area contributed by atoms with Crippen molar-refractivity contribution in [3.05, 3.63) is 52.2 Å². The molecule has 1 aliphatic heterocycles. The summed E-state index contributed by atoms with van der Waals surface area (Å²) in [6.07, 6.45) is 4.53. The van der Waals surface area contributed by atoms with Crippen molar-refractivity contribution in [3.63, 3.8) is 0 Å². The number of nitrogens with zero attached hydrogens (tertiary/aromatic N) is 3. The molecule has 0 saturated carbocycles. The van der Waals surface area contributed by atoms with Crippen LogP contribution in [0, 0.1) is 0 Å². The summed E-state index contributed by atoms with van der Waals surface area (Å²) < 4.78 is 8.81. The van der Waals surface area contributed by atoms with Crippen LogP contribution < -0.4 is 16.3 Å². The lowest BCUT2D eigenvalue weighted by molar-refractivity contribution is 0.139. The quantitative estimate of drug-likeness (QED) is 0.602. The maximum Gasteiger partial charge on any atom is 0.345 e. The van der Waals surface area contributed by atoms with Crippen molar-refractivity contribution in [2.24, 2.45) is 0 Å². The highest BCUT2D eigenvalue weighted by Gasteiger charge is 2.16. The Bertz CT molecular complexity index is 800. The Morgan fingerprint density at radius 2 is 1.93 bits per heavy atom. The van der Waals surface area contributed by atoms with Gasteiger partial charge in [0, 0.05) is 32.6 Å². The number of ether oxygens (including phenoxy) is 1. The normalized spacial score (nSPS) is 13.1. The minimum absolute atomic E-state index is 0.0354. The Kier molecular flexibility index (Phi) is 7.66. The Labute approximate surface area is 164 Å². The van der Waals surface area contributed by atoms with Crippen molar-refractivity contribution >= 4 is 6.03 Å². The van der Waals surface area contributed by atoms with Crippen molar-refractivity contribution in [1.29, 1.82) is 0 Å².